The van der Waals surface area contributed by atoms with Crippen LogP contribution in [-0.4, -0.2) is 53.6 Å². The predicted molar refractivity (Wildman–Crippen MR) is 562 cm³/mol. The van der Waals surface area contributed by atoms with E-state index >= 15 is 0 Å². The van der Waals surface area contributed by atoms with E-state index in [4.69, 9.17) is 0 Å². The monoisotopic (exact) mass is 2530 g/mol. The van der Waals surface area contributed by atoms with Gasteiger partial charge in [-0.15, -0.1) is 244 Å². The third kappa shape index (κ3) is 24.7. The number of hydrogen-bond acceptors (Lipinski definition) is 8. The van der Waals surface area contributed by atoms with Gasteiger partial charge in [-0.1, -0.05) is 249 Å². The van der Waals surface area contributed by atoms with Gasteiger partial charge in [0.1, 0.15) is 0 Å². The topological polar surface area (TPSA) is 118 Å². The molecule has 0 N–H and O–H groups in total. The van der Waals surface area contributed by atoms with Crippen molar-refractivity contribution in [3.8, 4) is 107 Å². The Hall–Kier alpha value is -14.9. The number of aryl methyl sites for hydroxylation is 1. The van der Waals surface area contributed by atoms with Crippen LogP contribution in [0.15, 0.2) is 468 Å². The summed E-state index contributed by atoms with van der Waals surface area (Å²) in [6, 6.07) is 167. The average molecular weight is 2530 g/mol. The van der Waals surface area contributed by atoms with Crippen LogP contribution in [0.25, 0.3) is 172 Å². The molecule has 0 unspecified atom stereocenters. The van der Waals surface area contributed by atoms with Gasteiger partial charge in [-0.2, -0.15) is 0 Å². The van der Waals surface area contributed by atoms with Gasteiger partial charge >= 0.3 is 0 Å². The maximum atomic E-state index is 4.46. The second-order valence-corrected chi connectivity index (χ2v) is 33.4. The first-order valence-corrected chi connectivity index (χ1v) is 45.7. The van der Waals surface area contributed by atoms with Crippen LogP contribution in [0, 0.1) is 54.4 Å². The first-order chi connectivity index (χ1) is 67.5. The van der Waals surface area contributed by atoms with Crippen molar-refractivity contribution in [1.82, 2.24) is 53.6 Å². The normalized spacial score (nSPS) is 10.9. The van der Waals surface area contributed by atoms with Crippen molar-refractivity contribution in [1.29, 1.82) is 0 Å². The van der Waals surface area contributed by atoms with Crippen LogP contribution < -0.4 is 0 Å². The Morgan fingerprint density at radius 2 is 0.539 bits per heavy atom. The van der Waals surface area contributed by atoms with Crippen LogP contribution in [0.4, 0.5) is 0 Å². The van der Waals surface area contributed by atoms with Gasteiger partial charge in [0, 0.05) is 166 Å². The van der Waals surface area contributed by atoms with Crippen LogP contribution in [0.2, 0.25) is 0 Å². The molecule has 141 heavy (non-hydrogen) atoms. The summed E-state index contributed by atoms with van der Waals surface area (Å²) in [4.78, 5) is 34.6. The third-order valence-electron chi connectivity index (χ3n) is 23.6. The molecule has 0 atom stereocenters. The molecule has 11 nitrogen and oxygen atoms in total. The molecule has 11 heterocycles. The number of pyridine rings is 8. The number of aromatic nitrogens is 11. The maximum absolute atomic E-state index is 4.46. The minimum Gasteiger partial charge on any atom is -0.383 e. The average Bonchev–Trinajstić information content (AvgIpc) is 1.58. The molecule has 24 aromatic rings. The van der Waals surface area contributed by atoms with E-state index < -0.39 is 0 Å². The fourth-order valence-electron chi connectivity index (χ4n) is 17.0. The Morgan fingerprint density at radius 3 is 0.922 bits per heavy atom. The number of para-hydroxylation sites is 4. The van der Waals surface area contributed by atoms with Crippen molar-refractivity contribution in [3.63, 3.8) is 0 Å². The first kappa shape index (κ1) is 102. The van der Waals surface area contributed by atoms with Gasteiger partial charge in [0.05, 0.1) is 0 Å². The number of hydrogen-bond donors (Lipinski definition) is 0. The van der Waals surface area contributed by atoms with E-state index in [0.29, 0.717) is 5.92 Å². The molecule has 13 aromatic carbocycles. The molecule has 1 aliphatic rings. The molecular formula is C126H95Ir4N11-8. The second kappa shape index (κ2) is 50.1. The molecule has 15 heteroatoms. The molecule has 0 aliphatic heterocycles. The van der Waals surface area contributed by atoms with Gasteiger partial charge in [-0.05, 0) is 174 Å². The van der Waals surface area contributed by atoms with Crippen molar-refractivity contribution in [3.05, 3.63) is 528 Å². The molecule has 0 bridgehead atoms. The molecule has 0 saturated heterocycles. The zero-order valence-electron chi connectivity index (χ0n) is 78.0. The summed E-state index contributed by atoms with van der Waals surface area (Å²) >= 11 is 0. The van der Waals surface area contributed by atoms with Crippen molar-refractivity contribution < 1.29 is 80.4 Å². The van der Waals surface area contributed by atoms with Crippen LogP contribution in [0.5, 0.6) is 0 Å². The molecule has 0 amide bonds. The van der Waals surface area contributed by atoms with Crippen molar-refractivity contribution in [2.24, 2.45) is 13.0 Å². The summed E-state index contributed by atoms with van der Waals surface area (Å²) in [6.45, 7) is 10.1. The summed E-state index contributed by atoms with van der Waals surface area (Å²) in [5, 5.41) is 7.57. The summed E-state index contributed by atoms with van der Waals surface area (Å²) in [6.07, 6.45) is 14.4. The van der Waals surface area contributed by atoms with E-state index in [9.17, 15) is 0 Å². The van der Waals surface area contributed by atoms with Crippen molar-refractivity contribution >= 4 is 65.4 Å². The van der Waals surface area contributed by atoms with E-state index in [1.54, 1.807) is 24.8 Å². The first-order valence-electron chi connectivity index (χ1n) is 45.7. The molecule has 1 aliphatic carbocycles. The minimum absolute atomic E-state index is 0. The molecule has 0 fully saturated rings. The molecule has 11 aromatic heterocycles. The summed E-state index contributed by atoms with van der Waals surface area (Å²) in [5.74, 6) is 0.601. The van der Waals surface area contributed by atoms with Crippen LogP contribution in [-0.2, 0) is 99.4 Å². The Labute approximate surface area is 878 Å². The molecule has 4 radical (unpaired) electrons. The Bertz CT molecular complexity index is 7550. The van der Waals surface area contributed by atoms with Gasteiger partial charge in [0.15, 0.2) is 0 Å². The van der Waals surface area contributed by atoms with E-state index in [1.807, 2.05) is 274 Å². The van der Waals surface area contributed by atoms with Gasteiger partial charge in [0.2, 0.25) is 0 Å². The minimum atomic E-state index is 0. The zero-order valence-corrected chi connectivity index (χ0v) is 87.6. The zero-order chi connectivity index (χ0) is 93.3. The van der Waals surface area contributed by atoms with E-state index in [2.05, 4.69) is 307 Å². The standard InChI is InChI=1S/C23H15N2.C21H19N2.C20H16N.C18H13N2.4C11H8N.4Ir/c1-2-8-18(9-3-1)25-22-12-5-4-10-19(22)20-16-17(13-14-23(20)25)21-11-6-7-15-24-21;1-15(2)14-23-20-9-4-3-7-17(20)18-13-16(10-11-21(18)23)19-8-5-6-12-22-19;1-20(2)17-8-4-3-7-15(17)16-11-10-14(13-18(16)20)19-9-5-6-12-21-19;1-20-17-8-3-2-6-14(17)15-12-13(9-10-18(15)20)16-7-4-5-11-19-16;4*1-2-6-10(7-3-1)11-8-4-5-9-12-11;;;;/h1-12,14-16H;3-9,11-13,15H,14H2,1-2H3;3-9,11-13H,1-2H3;2-8,10-12H,1H3;4*1-6,8-9H;;;;/q8*-1;;;;. The van der Waals surface area contributed by atoms with Crippen molar-refractivity contribution in [2.45, 2.75) is 39.7 Å². The summed E-state index contributed by atoms with van der Waals surface area (Å²) in [7, 11) is 2.10. The van der Waals surface area contributed by atoms with E-state index in [1.165, 1.54) is 82.2 Å². The second-order valence-electron chi connectivity index (χ2n) is 33.4. The van der Waals surface area contributed by atoms with E-state index in [-0.39, 0.29) is 85.8 Å². The SMILES string of the molecule is CC(C)Cn1c2c[c-]c(-c3ccccn3)cc2c2ccccc21.CC1(C)c2ccccc2-c2c[c-]c(-c3ccccn3)cc21.Cn1c2c[c-]c(-c3ccccn3)cc2c2ccccc21.[Ir].[Ir].[Ir].[Ir].[c-]1cc2c(cc1-c1ccccn1)c1ccccc1n2-c1ccccc1.[c-]1ccccc1-c1ccccn1.[c-]1ccccc1-c1ccccn1.[c-]1ccccc1-c1ccccn1.[c-]1ccccc1-c1ccccn1. The van der Waals surface area contributed by atoms with Gasteiger partial charge in [-0.25, -0.2) is 0 Å². The Balaban J connectivity index is 0.000000130. The quantitative estimate of drug-likeness (QED) is 0.118. The smallest absolute Gasteiger partial charge is 0.0436 e. The van der Waals surface area contributed by atoms with Crippen molar-refractivity contribution in [2.75, 3.05) is 0 Å². The number of nitrogens with zero attached hydrogens (tertiary/aromatic N) is 11. The van der Waals surface area contributed by atoms with Gasteiger partial charge in [-0.3, -0.25) is 0 Å². The van der Waals surface area contributed by atoms with E-state index in [0.717, 1.165) is 108 Å². The molecule has 698 valence electrons. The molecular weight excluding hydrogens is 2440 g/mol. The third-order valence-corrected chi connectivity index (χ3v) is 23.6. The van der Waals surface area contributed by atoms with Crippen LogP contribution >= 0.6 is 0 Å². The van der Waals surface area contributed by atoms with Crippen LogP contribution in [0.3, 0.4) is 0 Å². The van der Waals surface area contributed by atoms with Gasteiger partial charge < -0.3 is 53.6 Å². The number of rotatable bonds is 11. The fraction of sp³-hybridized carbons (Fsp3) is 0.0635. The van der Waals surface area contributed by atoms with Gasteiger partial charge in [0.25, 0.3) is 0 Å². The molecule has 0 saturated carbocycles. The number of benzene rings is 13. The Morgan fingerprint density at radius 1 is 0.241 bits per heavy atom. The fourth-order valence-corrected chi connectivity index (χ4v) is 17.0. The molecule has 0 spiro atoms. The molecule has 25 rings (SSSR count). The summed E-state index contributed by atoms with van der Waals surface area (Å²) in [5.41, 5.74) is 30.0. The predicted octanol–water partition coefficient (Wildman–Crippen LogP) is 30.2. The summed E-state index contributed by atoms with van der Waals surface area (Å²) < 4.78 is 6.92. The largest absolute Gasteiger partial charge is 0.383 e. The Kier molecular flexibility index (Phi) is 36.2. The maximum Gasteiger partial charge on any atom is 0.0436 e. The number of fused-ring (bicyclic) bond motifs is 12. The van der Waals surface area contributed by atoms with Crippen LogP contribution in [0.1, 0.15) is 38.8 Å².